The fourth-order valence-corrected chi connectivity index (χ4v) is 3.91. The molecule has 0 spiro atoms. The minimum atomic E-state index is -0.164. The van der Waals surface area contributed by atoms with Gasteiger partial charge in [0.05, 0.1) is 5.56 Å². The molecule has 1 N–H and O–H groups in total. The SMILES string of the molecule is CCN(CC)C(=O)c1cc(NC(C)=O)ccc1N1CCCN(C(=O)C2CC2)CC1. The molecule has 1 aromatic rings. The lowest BCUT2D eigenvalue weighted by molar-refractivity contribution is -0.132. The van der Waals surface area contributed by atoms with Crippen molar-refractivity contribution in [2.45, 2.75) is 40.0 Å². The first-order valence-corrected chi connectivity index (χ1v) is 10.7. The fraction of sp³-hybridized carbons (Fsp3) is 0.591. The quantitative estimate of drug-likeness (QED) is 0.797. The van der Waals surface area contributed by atoms with Gasteiger partial charge < -0.3 is 20.0 Å². The van der Waals surface area contributed by atoms with Crippen molar-refractivity contribution < 1.29 is 14.4 Å². The molecule has 7 heteroatoms. The number of nitrogens with one attached hydrogen (secondary N) is 1. The van der Waals surface area contributed by atoms with Crippen LogP contribution in [0.4, 0.5) is 11.4 Å². The molecule has 0 unspecified atom stereocenters. The molecule has 1 saturated heterocycles. The predicted octanol–water partition coefficient (Wildman–Crippen LogP) is 2.58. The Morgan fingerprint density at radius 2 is 1.79 bits per heavy atom. The molecular formula is C22H32N4O3. The van der Waals surface area contributed by atoms with E-state index in [-0.39, 0.29) is 23.6 Å². The molecule has 0 atom stereocenters. The Morgan fingerprint density at radius 1 is 1.07 bits per heavy atom. The van der Waals surface area contributed by atoms with Crippen LogP contribution in [0.25, 0.3) is 0 Å². The van der Waals surface area contributed by atoms with Crippen molar-refractivity contribution in [2.75, 3.05) is 49.5 Å². The summed E-state index contributed by atoms with van der Waals surface area (Å²) in [5.74, 6) is 0.320. The number of nitrogens with zero attached hydrogens (tertiary/aromatic N) is 3. The number of benzene rings is 1. The second kappa shape index (κ2) is 9.29. The van der Waals surface area contributed by atoms with Crippen molar-refractivity contribution in [3.63, 3.8) is 0 Å². The fourth-order valence-electron chi connectivity index (χ4n) is 3.91. The van der Waals surface area contributed by atoms with Gasteiger partial charge in [-0.05, 0) is 51.3 Å². The van der Waals surface area contributed by atoms with Crippen molar-refractivity contribution >= 4 is 29.1 Å². The summed E-state index contributed by atoms with van der Waals surface area (Å²) in [6, 6.07) is 5.53. The Hall–Kier alpha value is -2.57. The Kier molecular flexibility index (Phi) is 6.77. The maximum absolute atomic E-state index is 13.2. The highest BCUT2D eigenvalue weighted by Crippen LogP contribution is 2.32. The van der Waals surface area contributed by atoms with Crippen molar-refractivity contribution in [3.8, 4) is 0 Å². The predicted molar refractivity (Wildman–Crippen MR) is 114 cm³/mol. The van der Waals surface area contributed by atoms with Crippen LogP contribution in [-0.4, -0.2) is 66.8 Å². The van der Waals surface area contributed by atoms with E-state index in [1.807, 2.05) is 30.9 Å². The van der Waals surface area contributed by atoms with Crippen LogP contribution < -0.4 is 10.2 Å². The van der Waals surface area contributed by atoms with E-state index in [4.69, 9.17) is 0 Å². The van der Waals surface area contributed by atoms with Crippen LogP contribution in [0.1, 0.15) is 50.4 Å². The second-order valence-corrected chi connectivity index (χ2v) is 7.83. The zero-order valence-corrected chi connectivity index (χ0v) is 17.7. The van der Waals surface area contributed by atoms with Crippen LogP contribution in [0.2, 0.25) is 0 Å². The van der Waals surface area contributed by atoms with Gasteiger partial charge in [-0.2, -0.15) is 0 Å². The molecule has 7 nitrogen and oxygen atoms in total. The van der Waals surface area contributed by atoms with Crippen LogP contribution in [0, 0.1) is 5.92 Å². The number of anilines is 2. The van der Waals surface area contributed by atoms with Crippen LogP contribution in [0.15, 0.2) is 18.2 Å². The maximum Gasteiger partial charge on any atom is 0.256 e. The van der Waals surface area contributed by atoms with Crippen molar-refractivity contribution in [2.24, 2.45) is 5.92 Å². The highest BCUT2D eigenvalue weighted by Gasteiger charge is 2.34. The number of amides is 3. The summed E-state index contributed by atoms with van der Waals surface area (Å²) in [4.78, 5) is 43.1. The molecule has 0 aromatic heterocycles. The molecule has 1 heterocycles. The van der Waals surface area contributed by atoms with Crippen LogP contribution in [0.3, 0.4) is 0 Å². The Bertz CT molecular complexity index is 771. The van der Waals surface area contributed by atoms with Gasteiger partial charge in [-0.25, -0.2) is 0 Å². The van der Waals surface area contributed by atoms with Gasteiger partial charge in [0, 0.05) is 63.5 Å². The molecule has 0 bridgehead atoms. The lowest BCUT2D eigenvalue weighted by atomic mass is 10.1. The van der Waals surface area contributed by atoms with Gasteiger partial charge in [0.25, 0.3) is 5.91 Å². The van der Waals surface area contributed by atoms with E-state index < -0.39 is 0 Å². The molecule has 3 amide bonds. The normalized spacial score (nSPS) is 16.9. The van der Waals surface area contributed by atoms with Gasteiger partial charge >= 0.3 is 0 Å². The lowest BCUT2D eigenvalue weighted by Crippen LogP contribution is -2.37. The Balaban J connectivity index is 1.85. The van der Waals surface area contributed by atoms with Crippen LogP contribution >= 0.6 is 0 Å². The average Bonchev–Trinajstić information content (AvgIpc) is 3.55. The first kappa shape index (κ1) is 21.1. The third-order valence-corrected chi connectivity index (χ3v) is 5.67. The zero-order chi connectivity index (χ0) is 21.0. The van der Waals surface area contributed by atoms with Gasteiger partial charge in [0.15, 0.2) is 0 Å². The summed E-state index contributed by atoms with van der Waals surface area (Å²) in [7, 11) is 0. The second-order valence-electron chi connectivity index (χ2n) is 7.83. The lowest BCUT2D eigenvalue weighted by Gasteiger charge is -2.28. The molecule has 2 aliphatic rings. The van der Waals surface area contributed by atoms with Gasteiger partial charge in [-0.3, -0.25) is 14.4 Å². The van der Waals surface area contributed by atoms with E-state index >= 15 is 0 Å². The van der Waals surface area contributed by atoms with E-state index in [1.165, 1.54) is 6.92 Å². The first-order valence-electron chi connectivity index (χ1n) is 10.7. The summed E-state index contributed by atoms with van der Waals surface area (Å²) < 4.78 is 0. The molecule has 2 fully saturated rings. The third-order valence-electron chi connectivity index (χ3n) is 5.67. The number of hydrogen-bond donors (Lipinski definition) is 1. The van der Waals surface area contributed by atoms with Gasteiger partial charge in [0.2, 0.25) is 11.8 Å². The van der Waals surface area contributed by atoms with E-state index in [2.05, 4.69) is 10.2 Å². The standard InChI is InChI=1S/C22H32N4O3/c1-4-24(5-2)22(29)19-15-18(23-16(3)27)9-10-20(19)25-11-6-12-26(14-13-25)21(28)17-7-8-17/h9-10,15,17H,4-8,11-14H2,1-3H3,(H,23,27). The van der Waals surface area contributed by atoms with Crippen LogP contribution in [-0.2, 0) is 9.59 Å². The van der Waals surface area contributed by atoms with Gasteiger partial charge in [-0.1, -0.05) is 0 Å². The molecule has 1 aliphatic carbocycles. The summed E-state index contributed by atoms with van der Waals surface area (Å²) in [6.07, 6.45) is 2.92. The molecule has 0 radical (unpaired) electrons. The smallest absolute Gasteiger partial charge is 0.256 e. The summed E-state index contributed by atoms with van der Waals surface area (Å²) >= 11 is 0. The molecule has 1 aliphatic heterocycles. The molecule has 1 saturated carbocycles. The van der Waals surface area contributed by atoms with Crippen molar-refractivity contribution in [1.29, 1.82) is 0 Å². The number of carbonyl (C=O) groups excluding carboxylic acids is 3. The Morgan fingerprint density at radius 3 is 2.41 bits per heavy atom. The van der Waals surface area contributed by atoms with E-state index in [0.29, 0.717) is 37.4 Å². The third kappa shape index (κ3) is 5.08. The van der Waals surface area contributed by atoms with Crippen molar-refractivity contribution in [1.82, 2.24) is 9.80 Å². The van der Waals surface area contributed by atoms with E-state index in [1.54, 1.807) is 11.0 Å². The topological polar surface area (TPSA) is 73.0 Å². The average molecular weight is 401 g/mol. The summed E-state index contributed by atoms with van der Waals surface area (Å²) in [5, 5.41) is 2.78. The molecule has 1 aromatic carbocycles. The zero-order valence-electron chi connectivity index (χ0n) is 17.7. The minimum Gasteiger partial charge on any atom is -0.369 e. The maximum atomic E-state index is 13.2. The summed E-state index contributed by atoms with van der Waals surface area (Å²) in [5.41, 5.74) is 2.09. The number of rotatable bonds is 6. The number of carbonyl (C=O) groups is 3. The number of hydrogen-bond acceptors (Lipinski definition) is 4. The highest BCUT2D eigenvalue weighted by atomic mass is 16.2. The first-order chi connectivity index (χ1) is 13.9. The minimum absolute atomic E-state index is 0.0349. The van der Waals surface area contributed by atoms with Crippen LogP contribution in [0.5, 0.6) is 0 Å². The summed E-state index contributed by atoms with van der Waals surface area (Å²) in [6.45, 7) is 9.60. The molecule has 3 rings (SSSR count). The monoisotopic (exact) mass is 400 g/mol. The largest absolute Gasteiger partial charge is 0.369 e. The molecule has 29 heavy (non-hydrogen) atoms. The van der Waals surface area contributed by atoms with E-state index in [9.17, 15) is 14.4 Å². The molecular weight excluding hydrogens is 368 g/mol. The van der Waals surface area contributed by atoms with Crippen molar-refractivity contribution in [3.05, 3.63) is 23.8 Å². The Labute approximate surface area is 173 Å². The highest BCUT2D eigenvalue weighted by molar-refractivity contribution is 6.02. The van der Waals surface area contributed by atoms with Gasteiger partial charge in [-0.15, -0.1) is 0 Å². The van der Waals surface area contributed by atoms with Gasteiger partial charge in [0.1, 0.15) is 0 Å². The molecule has 158 valence electrons. The van der Waals surface area contributed by atoms with E-state index in [0.717, 1.165) is 38.0 Å².